The van der Waals surface area contributed by atoms with Gasteiger partial charge in [-0.15, -0.1) is 0 Å². The van der Waals surface area contributed by atoms with Crippen LogP contribution in [-0.4, -0.2) is 34.1 Å². The predicted octanol–water partition coefficient (Wildman–Crippen LogP) is 4.33. The van der Waals surface area contributed by atoms with Crippen molar-refractivity contribution < 1.29 is 8.60 Å². The number of amidine groups is 1. The molecule has 3 rings (SSSR count). The topological polar surface area (TPSA) is 65.8 Å². The number of benzene rings is 1. The van der Waals surface area contributed by atoms with Crippen LogP contribution >= 0.6 is 0 Å². The van der Waals surface area contributed by atoms with Gasteiger partial charge in [0.15, 0.2) is 0 Å². The number of hydrogen-bond donors (Lipinski definition) is 2. The summed E-state index contributed by atoms with van der Waals surface area (Å²) in [6.07, 6.45) is 9.07. The third-order valence-corrected chi connectivity index (χ3v) is 6.99. The van der Waals surface area contributed by atoms with Gasteiger partial charge in [-0.05, 0) is 64.5 Å². The minimum Gasteiger partial charge on any atom is -0.308 e. The van der Waals surface area contributed by atoms with E-state index in [0.717, 1.165) is 10.5 Å². The van der Waals surface area contributed by atoms with Crippen molar-refractivity contribution in [3.63, 3.8) is 0 Å². The van der Waals surface area contributed by atoms with Crippen LogP contribution in [0.25, 0.3) is 5.70 Å². The van der Waals surface area contributed by atoms with Gasteiger partial charge in [-0.3, -0.25) is 9.20 Å². The second-order valence-electron chi connectivity index (χ2n) is 8.60. The molecule has 1 aliphatic carbocycles. The van der Waals surface area contributed by atoms with Crippen molar-refractivity contribution in [2.24, 2.45) is 15.4 Å². The summed E-state index contributed by atoms with van der Waals surface area (Å²) >= 11 is 0. The summed E-state index contributed by atoms with van der Waals surface area (Å²) in [5.74, 6) is 0.353. The normalized spacial score (nSPS) is 27.0. The lowest BCUT2D eigenvalue weighted by Crippen LogP contribution is -2.35. The molecule has 0 spiro atoms. The van der Waals surface area contributed by atoms with Gasteiger partial charge in [-0.1, -0.05) is 18.2 Å². The van der Waals surface area contributed by atoms with Crippen molar-refractivity contribution in [1.82, 2.24) is 10.9 Å². The zero-order valence-corrected chi connectivity index (χ0v) is 18.9. The molecule has 1 saturated heterocycles. The Labute approximate surface area is 180 Å². The number of aliphatic imine (C=N–C) groups is 2. The van der Waals surface area contributed by atoms with Gasteiger partial charge >= 0.3 is 0 Å². The first kappa shape index (κ1) is 22.3. The molecule has 3 unspecified atom stereocenters. The van der Waals surface area contributed by atoms with Gasteiger partial charge in [0.05, 0.1) is 21.9 Å². The molecular formula is C23H29FN4OS. The highest BCUT2D eigenvalue weighted by molar-refractivity contribution is 7.86. The van der Waals surface area contributed by atoms with Crippen molar-refractivity contribution in [3.05, 3.63) is 60.0 Å². The molecule has 2 aliphatic rings. The van der Waals surface area contributed by atoms with Crippen molar-refractivity contribution >= 4 is 28.5 Å². The van der Waals surface area contributed by atoms with E-state index in [2.05, 4.69) is 15.8 Å². The Kier molecular flexibility index (Phi) is 6.53. The minimum atomic E-state index is -1.16. The molecule has 160 valence electrons. The highest BCUT2D eigenvalue weighted by atomic mass is 32.2. The lowest BCUT2D eigenvalue weighted by molar-refractivity contribution is 0.419. The Bertz CT molecular complexity index is 987. The van der Waals surface area contributed by atoms with Gasteiger partial charge in [0.25, 0.3) is 0 Å². The first-order valence-electron chi connectivity index (χ1n) is 9.95. The lowest BCUT2D eigenvalue weighted by atomic mass is 9.81. The third kappa shape index (κ3) is 4.68. The second-order valence-corrected chi connectivity index (χ2v) is 10.8. The molecule has 1 fully saturated rings. The molecule has 3 atom stereocenters. The first-order valence-corrected chi connectivity index (χ1v) is 11.1. The fourth-order valence-electron chi connectivity index (χ4n) is 3.47. The van der Waals surface area contributed by atoms with Crippen LogP contribution in [0.15, 0.2) is 69.3 Å². The number of rotatable bonds is 4. The second kappa shape index (κ2) is 8.78. The van der Waals surface area contributed by atoms with Crippen molar-refractivity contribution in [2.75, 3.05) is 7.05 Å². The fourth-order valence-corrected chi connectivity index (χ4v) is 4.61. The largest absolute Gasteiger partial charge is 0.308 e. The van der Waals surface area contributed by atoms with E-state index in [1.165, 1.54) is 6.08 Å². The van der Waals surface area contributed by atoms with E-state index < -0.39 is 16.2 Å². The Morgan fingerprint density at radius 3 is 2.83 bits per heavy atom. The van der Waals surface area contributed by atoms with Crippen LogP contribution in [-0.2, 0) is 10.8 Å². The van der Waals surface area contributed by atoms with Crippen LogP contribution in [0.1, 0.15) is 39.7 Å². The van der Waals surface area contributed by atoms with Crippen molar-refractivity contribution in [3.8, 4) is 0 Å². The fraction of sp³-hybridized carbons (Fsp3) is 0.391. The molecule has 7 heteroatoms. The van der Waals surface area contributed by atoms with Gasteiger partial charge in [0, 0.05) is 34.5 Å². The van der Waals surface area contributed by atoms with Gasteiger partial charge in [0.1, 0.15) is 11.7 Å². The summed E-state index contributed by atoms with van der Waals surface area (Å²) in [7, 11) is 0.525. The lowest BCUT2D eigenvalue weighted by Gasteiger charge is -2.24. The predicted molar refractivity (Wildman–Crippen MR) is 124 cm³/mol. The maximum Gasteiger partial charge on any atom is 0.128 e. The van der Waals surface area contributed by atoms with E-state index in [4.69, 9.17) is 4.99 Å². The number of hydrogen-bond acceptors (Lipinski definition) is 4. The summed E-state index contributed by atoms with van der Waals surface area (Å²) in [6, 6.07) is 7.56. The van der Waals surface area contributed by atoms with E-state index in [1.54, 1.807) is 25.4 Å². The molecule has 0 aromatic heterocycles. The average Bonchev–Trinajstić information content (AvgIpc) is 2.89. The van der Waals surface area contributed by atoms with Crippen LogP contribution in [0.2, 0.25) is 0 Å². The summed E-state index contributed by atoms with van der Waals surface area (Å²) in [5, 5.41) is 0. The average molecular weight is 429 g/mol. The Balaban J connectivity index is 2.05. The number of nitrogens with one attached hydrogen (secondary N) is 2. The van der Waals surface area contributed by atoms with Crippen molar-refractivity contribution in [1.29, 1.82) is 0 Å². The number of hydrazine groups is 1. The molecule has 0 saturated carbocycles. The maximum absolute atomic E-state index is 14.2. The summed E-state index contributed by atoms with van der Waals surface area (Å²) in [4.78, 5) is 9.64. The van der Waals surface area contributed by atoms with Crippen molar-refractivity contribution in [2.45, 2.75) is 49.8 Å². The molecule has 1 heterocycles. The molecule has 0 radical (unpaired) electrons. The molecular weight excluding hydrogens is 399 g/mol. The maximum atomic E-state index is 14.2. The number of nitrogens with zero attached hydrogens (tertiary/aromatic N) is 2. The Morgan fingerprint density at radius 2 is 2.13 bits per heavy atom. The highest BCUT2D eigenvalue weighted by Gasteiger charge is 2.43. The summed E-state index contributed by atoms with van der Waals surface area (Å²) in [5.41, 5.74) is 7.21. The number of halogens is 1. The van der Waals surface area contributed by atoms with E-state index in [-0.39, 0.29) is 16.6 Å². The van der Waals surface area contributed by atoms with Gasteiger partial charge < -0.3 is 5.43 Å². The molecule has 1 aliphatic heterocycles. The molecule has 30 heavy (non-hydrogen) atoms. The van der Waals surface area contributed by atoms with Gasteiger partial charge in [-0.25, -0.2) is 14.8 Å². The molecule has 2 N–H and O–H groups in total. The quantitative estimate of drug-likeness (QED) is 0.702. The Hall–Kier alpha value is -2.38. The van der Waals surface area contributed by atoms with Crippen LogP contribution in [0, 0.1) is 5.41 Å². The van der Waals surface area contributed by atoms with Crippen LogP contribution < -0.4 is 10.9 Å². The molecule has 1 aromatic carbocycles. The molecule has 0 bridgehead atoms. The zero-order chi connectivity index (χ0) is 21.9. The van der Waals surface area contributed by atoms with E-state index in [0.29, 0.717) is 18.0 Å². The van der Waals surface area contributed by atoms with E-state index in [9.17, 15) is 8.60 Å². The molecule has 5 nitrogen and oxygen atoms in total. The van der Waals surface area contributed by atoms with Gasteiger partial charge in [-0.2, -0.15) is 0 Å². The van der Waals surface area contributed by atoms with E-state index in [1.807, 2.05) is 58.0 Å². The van der Waals surface area contributed by atoms with Crippen LogP contribution in [0.4, 0.5) is 4.39 Å². The van der Waals surface area contributed by atoms with Crippen LogP contribution in [0.3, 0.4) is 0 Å². The van der Waals surface area contributed by atoms with Gasteiger partial charge in [0.2, 0.25) is 0 Å². The SMILES string of the molecule is CN=C/C=C(/N=C1NNC2CC=CC(F)=CC12C)c1cccc(S(=O)C(C)(C)C)c1. The summed E-state index contributed by atoms with van der Waals surface area (Å²) < 4.78 is 26.7. The monoisotopic (exact) mass is 428 g/mol. The highest BCUT2D eigenvalue weighted by Crippen LogP contribution is 2.36. The zero-order valence-electron chi connectivity index (χ0n) is 18.1. The smallest absolute Gasteiger partial charge is 0.128 e. The van der Waals surface area contributed by atoms with E-state index >= 15 is 0 Å². The minimum absolute atomic E-state index is 0.0124. The molecule has 0 amide bonds. The first-order chi connectivity index (χ1) is 14.1. The standard InChI is InChI=1S/C23H29FN4OS/c1-22(2,3)30(29)18-10-6-8-16(14-18)19(12-13-25-5)26-21-23(4)15-17(24)9-7-11-20(23)27-28-21/h6-10,12-15,20,27H,11H2,1-5H3,(H,26,28)/b19-12+,25-13?. The summed E-state index contributed by atoms with van der Waals surface area (Å²) in [6.45, 7) is 7.82. The molecule has 1 aromatic rings. The Morgan fingerprint density at radius 1 is 1.37 bits per heavy atom. The number of fused-ring (bicyclic) bond motifs is 1. The number of allylic oxidation sites excluding steroid dienone is 3. The van der Waals surface area contributed by atoms with Crippen LogP contribution in [0.5, 0.6) is 0 Å². The third-order valence-electron chi connectivity index (χ3n) is 5.20.